The average Bonchev–Trinajstić information content (AvgIpc) is 3.51. The number of sulfonamides is 1. The van der Waals surface area contributed by atoms with Gasteiger partial charge in [0.05, 0.1) is 4.90 Å². The second-order valence-electron chi connectivity index (χ2n) is 7.27. The molecule has 0 radical (unpaired) electrons. The molecule has 3 rings (SSSR count). The van der Waals surface area contributed by atoms with Crippen LogP contribution >= 0.6 is 11.8 Å². The van der Waals surface area contributed by atoms with Crippen molar-refractivity contribution >= 4 is 27.7 Å². The average molecular weight is 437 g/mol. The zero-order valence-corrected chi connectivity index (χ0v) is 17.9. The van der Waals surface area contributed by atoms with Crippen molar-refractivity contribution in [3.8, 4) is 0 Å². The minimum absolute atomic E-state index is 0.131. The van der Waals surface area contributed by atoms with Gasteiger partial charge >= 0.3 is 0 Å². The van der Waals surface area contributed by atoms with Gasteiger partial charge in [0.2, 0.25) is 15.9 Å². The third-order valence-corrected chi connectivity index (χ3v) is 7.32. The third kappa shape index (κ3) is 5.58. The van der Waals surface area contributed by atoms with E-state index in [2.05, 4.69) is 10.0 Å². The summed E-state index contributed by atoms with van der Waals surface area (Å²) < 4.78 is 41.0. The van der Waals surface area contributed by atoms with Crippen molar-refractivity contribution in [1.29, 1.82) is 0 Å². The highest BCUT2D eigenvalue weighted by Gasteiger charge is 2.44. The summed E-state index contributed by atoms with van der Waals surface area (Å²) in [7, 11) is -3.79. The van der Waals surface area contributed by atoms with E-state index in [4.69, 9.17) is 0 Å². The van der Waals surface area contributed by atoms with Crippen molar-refractivity contribution in [2.24, 2.45) is 0 Å². The molecule has 1 aliphatic carbocycles. The fourth-order valence-corrected chi connectivity index (χ4v) is 4.96. The van der Waals surface area contributed by atoms with Crippen LogP contribution in [0.3, 0.4) is 0 Å². The molecule has 1 fully saturated rings. The first-order valence-electron chi connectivity index (χ1n) is 9.46. The van der Waals surface area contributed by atoms with E-state index in [1.807, 2.05) is 6.26 Å². The fraction of sp³-hybridized carbons (Fsp3) is 0.381. The summed E-state index contributed by atoms with van der Waals surface area (Å²) in [4.78, 5) is 12.9. The Morgan fingerprint density at radius 1 is 1.14 bits per heavy atom. The van der Waals surface area contributed by atoms with Crippen LogP contribution in [0.4, 0.5) is 4.39 Å². The lowest BCUT2D eigenvalue weighted by atomic mass is 9.96. The van der Waals surface area contributed by atoms with E-state index in [9.17, 15) is 17.6 Å². The predicted octanol–water partition coefficient (Wildman–Crippen LogP) is 3.07. The monoisotopic (exact) mass is 436 g/mol. The molecule has 5 nitrogen and oxygen atoms in total. The number of benzene rings is 2. The number of carbonyl (C=O) groups excluding carboxylic acids is 1. The molecular weight excluding hydrogens is 411 g/mol. The highest BCUT2D eigenvalue weighted by molar-refractivity contribution is 7.98. The van der Waals surface area contributed by atoms with Gasteiger partial charge < -0.3 is 5.32 Å². The standard InChI is InChI=1S/C21H25FN2O3S2/c1-28-14-11-19(24-29(26,27)18-5-3-2-4-6-18)20(25)23-15-21(12-13-21)16-7-9-17(22)10-8-16/h2-10,19,24H,11-15H2,1H3,(H,23,25). The van der Waals surface area contributed by atoms with Gasteiger partial charge in [0, 0.05) is 12.0 Å². The van der Waals surface area contributed by atoms with Crippen LogP contribution < -0.4 is 10.0 Å². The molecule has 156 valence electrons. The maximum absolute atomic E-state index is 13.2. The van der Waals surface area contributed by atoms with Crippen molar-refractivity contribution in [3.05, 3.63) is 66.0 Å². The van der Waals surface area contributed by atoms with E-state index in [0.717, 1.165) is 18.4 Å². The summed E-state index contributed by atoms with van der Waals surface area (Å²) in [6.45, 7) is 0.403. The molecule has 8 heteroatoms. The lowest BCUT2D eigenvalue weighted by Crippen LogP contribution is -2.48. The number of nitrogens with one attached hydrogen (secondary N) is 2. The Labute approximate surface area is 175 Å². The van der Waals surface area contributed by atoms with Crippen molar-refractivity contribution in [1.82, 2.24) is 10.0 Å². The Bertz CT molecular complexity index is 930. The van der Waals surface area contributed by atoms with Crippen LogP contribution in [0.2, 0.25) is 0 Å². The van der Waals surface area contributed by atoms with Crippen molar-refractivity contribution in [3.63, 3.8) is 0 Å². The summed E-state index contributed by atoms with van der Waals surface area (Å²) in [6, 6.07) is 13.5. The van der Waals surface area contributed by atoms with Gasteiger partial charge in [0.1, 0.15) is 11.9 Å². The molecule has 0 bridgehead atoms. The first-order valence-corrected chi connectivity index (χ1v) is 12.3. The molecule has 0 spiro atoms. The van der Waals surface area contributed by atoms with Gasteiger partial charge in [-0.1, -0.05) is 30.3 Å². The number of hydrogen-bond donors (Lipinski definition) is 2. The van der Waals surface area contributed by atoms with E-state index in [1.165, 1.54) is 24.3 Å². The minimum Gasteiger partial charge on any atom is -0.354 e. The predicted molar refractivity (Wildman–Crippen MR) is 114 cm³/mol. The maximum Gasteiger partial charge on any atom is 0.241 e. The summed E-state index contributed by atoms with van der Waals surface area (Å²) in [6.07, 6.45) is 4.12. The normalized spacial score (nSPS) is 16.2. The van der Waals surface area contributed by atoms with E-state index < -0.39 is 16.1 Å². The van der Waals surface area contributed by atoms with Gasteiger partial charge in [-0.3, -0.25) is 4.79 Å². The Morgan fingerprint density at radius 3 is 2.38 bits per heavy atom. The molecular formula is C21H25FN2O3S2. The molecule has 1 aliphatic rings. The van der Waals surface area contributed by atoms with Gasteiger partial charge in [0.25, 0.3) is 0 Å². The largest absolute Gasteiger partial charge is 0.354 e. The highest BCUT2D eigenvalue weighted by Crippen LogP contribution is 2.47. The highest BCUT2D eigenvalue weighted by atomic mass is 32.2. The number of hydrogen-bond acceptors (Lipinski definition) is 4. The Kier molecular flexibility index (Phi) is 6.97. The first kappa shape index (κ1) is 21.8. The lowest BCUT2D eigenvalue weighted by Gasteiger charge is -2.21. The third-order valence-electron chi connectivity index (χ3n) is 5.19. The second kappa shape index (κ2) is 9.28. The van der Waals surface area contributed by atoms with Gasteiger partial charge in [-0.25, -0.2) is 12.8 Å². The van der Waals surface area contributed by atoms with E-state index in [1.54, 1.807) is 42.1 Å². The Hall–Kier alpha value is -1.90. The van der Waals surface area contributed by atoms with Crippen LogP contribution in [0.1, 0.15) is 24.8 Å². The molecule has 2 aromatic carbocycles. The van der Waals surface area contributed by atoms with Crippen LogP contribution in [0.5, 0.6) is 0 Å². The number of rotatable bonds is 10. The fourth-order valence-electron chi connectivity index (χ4n) is 3.24. The van der Waals surface area contributed by atoms with E-state index >= 15 is 0 Å². The summed E-state index contributed by atoms with van der Waals surface area (Å²) in [5.41, 5.74) is 0.802. The smallest absolute Gasteiger partial charge is 0.241 e. The molecule has 1 amide bonds. The molecule has 0 heterocycles. The molecule has 1 atom stereocenters. The lowest BCUT2D eigenvalue weighted by molar-refractivity contribution is -0.122. The molecule has 0 aliphatic heterocycles. The first-order chi connectivity index (χ1) is 13.9. The summed E-state index contributed by atoms with van der Waals surface area (Å²) in [5.74, 6) is 0.0198. The molecule has 0 aromatic heterocycles. The Morgan fingerprint density at radius 2 is 1.79 bits per heavy atom. The van der Waals surface area contributed by atoms with Crippen LogP contribution in [0.15, 0.2) is 59.5 Å². The molecule has 29 heavy (non-hydrogen) atoms. The summed E-state index contributed by atoms with van der Waals surface area (Å²) >= 11 is 1.55. The van der Waals surface area contributed by atoms with Crippen molar-refractivity contribution < 1.29 is 17.6 Å². The van der Waals surface area contributed by atoms with Crippen LogP contribution in [0, 0.1) is 5.82 Å². The van der Waals surface area contributed by atoms with Crippen LogP contribution in [-0.2, 0) is 20.2 Å². The minimum atomic E-state index is -3.79. The van der Waals surface area contributed by atoms with Gasteiger partial charge in [-0.2, -0.15) is 16.5 Å². The van der Waals surface area contributed by atoms with E-state index in [0.29, 0.717) is 18.7 Å². The molecule has 0 saturated heterocycles. The number of thioether (sulfide) groups is 1. The molecule has 1 unspecified atom stereocenters. The topological polar surface area (TPSA) is 75.3 Å². The van der Waals surface area contributed by atoms with Crippen LogP contribution in [-0.4, -0.2) is 38.9 Å². The number of amides is 1. The summed E-state index contributed by atoms with van der Waals surface area (Å²) in [5, 5.41) is 2.91. The van der Waals surface area contributed by atoms with Gasteiger partial charge in [-0.15, -0.1) is 0 Å². The van der Waals surface area contributed by atoms with Gasteiger partial charge in [0.15, 0.2) is 0 Å². The second-order valence-corrected chi connectivity index (χ2v) is 9.97. The van der Waals surface area contributed by atoms with Crippen LogP contribution in [0.25, 0.3) is 0 Å². The zero-order chi connectivity index (χ0) is 20.9. The maximum atomic E-state index is 13.2. The Balaban J connectivity index is 1.67. The molecule has 1 saturated carbocycles. The van der Waals surface area contributed by atoms with Crippen molar-refractivity contribution in [2.75, 3.05) is 18.6 Å². The number of carbonyl (C=O) groups is 1. The van der Waals surface area contributed by atoms with E-state index in [-0.39, 0.29) is 22.0 Å². The molecule has 2 N–H and O–H groups in total. The van der Waals surface area contributed by atoms with Crippen molar-refractivity contribution in [2.45, 2.75) is 35.6 Å². The SMILES string of the molecule is CSCCC(NS(=O)(=O)c1ccccc1)C(=O)NCC1(c2ccc(F)cc2)CC1. The quantitative estimate of drug-likeness (QED) is 0.600. The van der Waals surface area contributed by atoms with Gasteiger partial charge in [-0.05, 0) is 61.1 Å². The zero-order valence-electron chi connectivity index (χ0n) is 16.2. The molecule has 2 aromatic rings. The number of halogens is 1.